The fraction of sp³-hybridized carbons (Fsp3) is 0.588. The molecule has 0 N–H and O–H groups in total. The van der Waals surface area contributed by atoms with Crippen molar-refractivity contribution in [3.63, 3.8) is 0 Å². The van der Waals surface area contributed by atoms with E-state index >= 15 is 0 Å². The van der Waals surface area contributed by atoms with Crippen LogP contribution in [-0.4, -0.2) is 31.2 Å². The maximum absolute atomic E-state index is 12.5. The van der Waals surface area contributed by atoms with Crippen molar-refractivity contribution >= 4 is 5.78 Å². The maximum Gasteiger partial charge on any atom is 0.140 e. The van der Waals surface area contributed by atoms with Crippen molar-refractivity contribution < 1.29 is 14.3 Å². The molecule has 0 amide bonds. The van der Waals surface area contributed by atoms with Crippen LogP contribution < -0.4 is 0 Å². The lowest BCUT2D eigenvalue weighted by molar-refractivity contribution is -0.136. The van der Waals surface area contributed by atoms with E-state index in [-0.39, 0.29) is 11.5 Å². The topological polar surface area (TPSA) is 35.5 Å². The summed E-state index contributed by atoms with van der Waals surface area (Å²) in [7, 11) is 0. The van der Waals surface area contributed by atoms with E-state index in [9.17, 15) is 4.79 Å². The van der Waals surface area contributed by atoms with Crippen LogP contribution in [0.3, 0.4) is 0 Å². The van der Waals surface area contributed by atoms with Gasteiger partial charge in [-0.25, -0.2) is 0 Å². The summed E-state index contributed by atoms with van der Waals surface area (Å²) in [6.45, 7) is 4.17. The van der Waals surface area contributed by atoms with Gasteiger partial charge in [0.15, 0.2) is 0 Å². The molecule has 2 saturated heterocycles. The summed E-state index contributed by atoms with van der Waals surface area (Å²) >= 11 is 0. The van der Waals surface area contributed by atoms with Crippen LogP contribution in [0.4, 0.5) is 0 Å². The number of ketones is 1. The van der Waals surface area contributed by atoms with Gasteiger partial charge in [-0.05, 0) is 25.3 Å². The van der Waals surface area contributed by atoms with E-state index in [1.165, 1.54) is 5.56 Å². The van der Waals surface area contributed by atoms with E-state index < -0.39 is 0 Å². The molecule has 2 atom stereocenters. The molecule has 20 heavy (non-hydrogen) atoms. The Labute approximate surface area is 120 Å². The quantitative estimate of drug-likeness (QED) is 0.850. The summed E-state index contributed by atoms with van der Waals surface area (Å²) in [4.78, 5) is 12.5. The van der Waals surface area contributed by atoms with Crippen molar-refractivity contribution in [1.29, 1.82) is 0 Å². The van der Waals surface area contributed by atoms with Crippen LogP contribution in [0.5, 0.6) is 0 Å². The van der Waals surface area contributed by atoms with Crippen molar-refractivity contribution in [3.05, 3.63) is 35.4 Å². The minimum atomic E-state index is -0.175. The molecule has 0 bridgehead atoms. The molecule has 2 unspecified atom stereocenters. The van der Waals surface area contributed by atoms with Gasteiger partial charge in [-0.1, -0.05) is 29.8 Å². The molecule has 2 fully saturated rings. The molecule has 0 saturated carbocycles. The third-order valence-corrected chi connectivity index (χ3v) is 4.51. The SMILES string of the molecule is Cc1ccc(CC(=O)C2CCOC3(CCOC3)C2)cc1. The summed E-state index contributed by atoms with van der Waals surface area (Å²) in [5, 5.41) is 0. The minimum Gasteiger partial charge on any atom is -0.378 e. The lowest BCUT2D eigenvalue weighted by Crippen LogP contribution is -2.42. The lowest BCUT2D eigenvalue weighted by atomic mass is 9.81. The molecule has 0 aliphatic carbocycles. The van der Waals surface area contributed by atoms with Crippen LogP contribution in [0.25, 0.3) is 0 Å². The Morgan fingerprint density at radius 2 is 2.10 bits per heavy atom. The lowest BCUT2D eigenvalue weighted by Gasteiger charge is -2.36. The van der Waals surface area contributed by atoms with Gasteiger partial charge >= 0.3 is 0 Å². The smallest absolute Gasteiger partial charge is 0.140 e. The summed E-state index contributed by atoms with van der Waals surface area (Å²) in [6, 6.07) is 8.25. The molecule has 3 heteroatoms. The predicted molar refractivity (Wildman–Crippen MR) is 76.7 cm³/mol. The van der Waals surface area contributed by atoms with E-state index in [4.69, 9.17) is 9.47 Å². The molecule has 0 aromatic heterocycles. The number of carbonyl (C=O) groups excluding carboxylic acids is 1. The summed E-state index contributed by atoms with van der Waals surface area (Å²) in [5.41, 5.74) is 2.17. The van der Waals surface area contributed by atoms with Gasteiger partial charge in [0.1, 0.15) is 5.78 Å². The van der Waals surface area contributed by atoms with Crippen molar-refractivity contribution in [3.8, 4) is 0 Å². The molecular formula is C17H22O3. The van der Waals surface area contributed by atoms with E-state index in [0.717, 1.165) is 31.4 Å². The van der Waals surface area contributed by atoms with Crippen molar-refractivity contribution in [2.24, 2.45) is 5.92 Å². The molecule has 108 valence electrons. The van der Waals surface area contributed by atoms with Crippen molar-refractivity contribution in [2.75, 3.05) is 19.8 Å². The summed E-state index contributed by atoms with van der Waals surface area (Å²) in [5.74, 6) is 0.482. The predicted octanol–water partition coefficient (Wildman–Crippen LogP) is 2.69. The van der Waals surface area contributed by atoms with Gasteiger partial charge in [0.2, 0.25) is 0 Å². The number of carbonyl (C=O) groups is 1. The Balaban J connectivity index is 1.63. The highest BCUT2D eigenvalue weighted by Gasteiger charge is 2.42. The number of hydrogen-bond donors (Lipinski definition) is 0. The van der Waals surface area contributed by atoms with Crippen molar-refractivity contribution in [1.82, 2.24) is 0 Å². The molecule has 1 spiro atoms. The van der Waals surface area contributed by atoms with Crippen LogP contribution in [0.1, 0.15) is 30.4 Å². The molecule has 2 aliphatic rings. The molecule has 2 heterocycles. The second kappa shape index (κ2) is 5.66. The molecule has 3 nitrogen and oxygen atoms in total. The van der Waals surface area contributed by atoms with Crippen LogP contribution in [0, 0.1) is 12.8 Å². The highest BCUT2D eigenvalue weighted by Crippen LogP contribution is 2.36. The minimum absolute atomic E-state index is 0.131. The first-order valence-electron chi connectivity index (χ1n) is 7.47. The second-order valence-corrected chi connectivity index (χ2v) is 6.15. The Hall–Kier alpha value is -1.19. The summed E-state index contributed by atoms with van der Waals surface area (Å²) < 4.78 is 11.4. The number of hydrogen-bond acceptors (Lipinski definition) is 3. The zero-order chi connectivity index (χ0) is 14.0. The Morgan fingerprint density at radius 3 is 2.80 bits per heavy atom. The first kappa shape index (κ1) is 13.8. The molecule has 0 radical (unpaired) electrons. The van der Waals surface area contributed by atoms with Crippen LogP contribution in [0.15, 0.2) is 24.3 Å². The number of rotatable bonds is 3. The number of benzene rings is 1. The highest BCUT2D eigenvalue weighted by molar-refractivity contribution is 5.83. The Morgan fingerprint density at radius 1 is 1.30 bits per heavy atom. The fourth-order valence-corrected chi connectivity index (χ4v) is 3.22. The summed E-state index contributed by atoms with van der Waals surface area (Å²) in [6.07, 6.45) is 3.16. The van der Waals surface area contributed by atoms with Gasteiger partial charge in [0.05, 0.1) is 12.2 Å². The third kappa shape index (κ3) is 2.94. The molecular weight excluding hydrogens is 252 g/mol. The zero-order valence-corrected chi connectivity index (χ0v) is 12.1. The van der Waals surface area contributed by atoms with Crippen LogP contribution >= 0.6 is 0 Å². The van der Waals surface area contributed by atoms with E-state index in [1.54, 1.807) is 0 Å². The monoisotopic (exact) mass is 274 g/mol. The number of Topliss-reactive ketones (excluding diaryl/α,β-unsaturated/α-hetero) is 1. The van der Waals surface area contributed by atoms with Crippen LogP contribution in [0.2, 0.25) is 0 Å². The van der Waals surface area contributed by atoms with Gasteiger partial charge < -0.3 is 9.47 Å². The molecule has 2 aliphatic heterocycles. The van der Waals surface area contributed by atoms with E-state index in [2.05, 4.69) is 31.2 Å². The van der Waals surface area contributed by atoms with Crippen LogP contribution in [-0.2, 0) is 20.7 Å². The second-order valence-electron chi connectivity index (χ2n) is 6.15. The molecule has 3 rings (SSSR count). The molecule has 1 aromatic carbocycles. The first-order valence-corrected chi connectivity index (χ1v) is 7.47. The van der Waals surface area contributed by atoms with Crippen molar-refractivity contribution in [2.45, 2.75) is 38.2 Å². The van der Waals surface area contributed by atoms with E-state index in [0.29, 0.717) is 25.4 Å². The Bertz CT molecular complexity index is 472. The van der Waals surface area contributed by atoms with E-state index in [1.807, 2.05) is 0 Å². The average Bonchev–Trinajstić information content (AvgIpc) is 2.89. The average molecular weight is 274 g/mol. The first-order chi connectivity index (χ1) is 9.67. The van der Waals surface area contributed by atoms with Gasteiger partial charge in [-0.15, -0.1) is 0 Å². The standard InChI is InChI=1S/C17H22O3/c1-13-2-4-14(5-3-13)10-16(18)15-6-8-20-17(11-15)7-9-19-12-17/h2-5,15H,6-12H2,1H3. The number of ether oxygens (including phenoxy) is 2. The normalized spacial score (nSPS) is 29.8. The zero-order valence-electron chi connectivity index (χ0n) is 12.1. The van der Waals surface area contributed by atoms with Gasteiger partial charge in [0, 0.05) is 32.0 Å². The maximum atomic E-state index is 12.5. The number of aryl methyl sites for hydroxylation is 1. The Kier molecular flexibility index (Phi) is 3.90. The largest absolute Gasteiger partial charge is 0.378 e. The third-order valence-electron chi connectivity index (χ3n) is 4.51. The highest BCUT2D eigenvalue weighted by atomic mass is 16.6. The van der Waals surface area contributed by atoms with Gasteiger partial charge in [-0.3, -0.25) is 4.79 Å². The van der Waals surface area contributed by atoms with Gasteiger partial charge in [-0.2, -0.15) is 0 Å². The fourth-order valence-electron chi connectivity index (χ4n) is 3.22. The van der Waals surface area contributed by atoms with Gasteiger partial charge in [0.25, 0.3) is 0 Å². The molecule has 1 aromatic rings.